The molecule has 19 heavy (non-hydrogen) atoms. The first-order chi connectivity index (χ1) is 9.18. The second-order valence-electron chi connectivity index (χ2n) is 6.17. The molecule has 4 rings (SSSR count). The lowest BCUT2D eigenvalue weighted by Crippen LogP contribution is -2.43. The van der Waals surface area contributed by atoms with Crippen LogP contribution in [-0.4, -0.2) is 31.7 Å². The van der Waals surface area contributed by atoms with Gasteiger partial charge < -0.3 is 9.38 Å². The van der Waals surface area contributed by atoms with Crippen LogP contribution in [0.25, 0.3) is 11.1 Å². The molecule has 1 fully saturated rings. The van der Waals surface area contributed by atoms with E-state index in [0.717, 1.165) is 11.0 Å². The molecule has 1 saturated heterocycles. The van der Waals surface area contributed by atoms with E-state index in [0.29, 0.717) is 6.17 Å². The van der Waals surface area contributed by atoms with Crippen molar-refractivity contribution in [1.29, 1.82) is 0 Å². The van der Waals surface area contributed by atoms with E-state index >= 15 is 0 Å². The van der Waals surface area contributed by atoms with E-state index in [1.54, 1.807) is 0 Å². The minimum atomic E-state index is 0.464. The summed E-state index contributed by atoms with van der Waals surface area (Å²) in [6.45, 7) is 2.34. The summed E-state index contributed by atoms with van der Waals surface area (Å²) in [5.74, 6) is 0. The summed E-state index contributed by atoms with van der Waals surface area (Å²) in [7, 11) is 4.69. The second-order valence-corrected chi connectivity index (χ2v) is 6.17. The molecule has 0 aliphatic carbocycles. The molecule has 0 radical (unpaired) electrons. The van der Waals surface area contributed by atoms with E-state index in [-0.39, 0.29) is 0 Å². The van der Waals surface area contributed by atoms with Crippen LogP contribution in [0.2, 0.25) is 0 Å². The maximum Gasteiger partial charge on any atom is 0.191 e. The van der Waals surface area contributed by atoms with E-state index in [2.05, 4.69) is 67.5 Å². The fraction of sp³-hybridized carbons (Fsp3) is 0.294. The molecule has 1 unspecified atom stereocenters. The molecule has 2 heteroatoms. The van der Waals surface area contributed by atoms with Gasteiger partial charge in [0.2, 0.25) is 0 Å². The van der Waals surface area contributed by atoms with E-state index in [9.17, 15) is 0 Å². The fourth-order valence-electron chi connectivity index (χ4n) is 3.70. The first kappa shape index (κ1) is 11.1. The van der Waals surface area contributed by atoms with Crippen LogP contribution >= 0.6 is 0 Å². The first-order valence-corrected chi connectivity index (χ1v) is 6.96. The SMILES string of the molecule is C[N+]1(C)CCN2c3ccccc3-c3ccccc3C21. The van der Waals surface area contributed by atoms with Crippen LogP contribution in [0, 0.1) is 0 Å². The van der Waals surface area contributed by atoms with E-state index in [4.69, 9.17) is 0 Å². The zero-order chi connectivity index (χ0) is 13.0. The van der Waals surface area contributed by atoms with Crippen molar-refractivity contribution in [3.63, 3.8) is 0 Å². The van der Waals surface area contributed by atoms with Crippen LogP contribution in [0.1, 0.15) is 11.7 Å². The predicted octanol–water partition coefficient (Wildman–Crippen LogP) is 3.26. The molecule has 1 atom stereocenters. The summed E-state index contributed by atoms with van der Waals surface area (Å²) in [5, 5.41) is 0. The molecule has 2 heterocycles. The first-order valence-electron chi connectivity index (χ1n) is 6.96. The highest BCUT2D eigenvalue weighted by Crippen LogP contribution is 2.49. The van der Waals surface area contributed by atoms with Gasteiger partial charge >= 0.3 is 0 Å². The number of likely N-dealkylation sites (N-methyl/N-ethyl adjacent to an activating group) is 1. The van der Waals surface area contributed by atoms with Gasteiger partial charge in [0.05, 0.1) is 27.2 Å². The molecule has 96 valence electrons. The van der Waals surface area contributed by atoms with Gasteiger partial charge in [-0.2, -0.15) is 0 Å². The van der Waals surface area contributed by atoms with Crippen molar-refractivity contribution in [1.82, 2.24) is 0 Å². The summed E-state index contributed by atoms with van der Waals surface area (Å²) >= 11 is 0. The number of hydrogen-bond donors (Lipinski definition) is 0. The standard InChI is InChI=1S/C17H19N2/c1-19(2)12-11-18-16-10-6-5-8-14(16)13-7-3-4-9-15(13)17(18)19/h3-10,17H,11-12H2,1-2H3/q+1. The second kappa shape index (κ2) is 3.61. The van der Waals surface area contributed by atoms with Gasteiger partial charge in [0.1, 0.15) is 0 Å². The molecule has 2 aromatic carbocycles. The van der Waals surface area contributed by atoms with Crippen LogP contribution in [-0.2, 0) is 0 Å². The Morgan fingerprint density at radius 1 is 0.947 bits per heavy atom. The average Bonchev–Trinajstić information content (AvgIpc) is 2.76. The van der Waals surface area contributed by atoms with Crippen molar-refractivity contribution < 1.29 is 4.48 Å². The summed E-state index contributed by atoms with van der Waals surface area (Å²) in [6, 6.07) is 17.7. The lowest BCUT2D eigenvalue weighted by molar-refractivity contribution is -0.906. The topological polar surface area (TPSA) is 3.24 Å². The minimum absolute atomic E-state index is 0.464. The Balaban J connectivity index is 2.03. The molecule has 2 aromatic rings. The van der Waals surface area contributed by atoms with Crippen LogP contribution < -0.4 is 4.90 Å². The zero-order valence-electron chi connectivity index (χ0n) is 11.5. The normalized spacial score (nSPS) is 22.6. The van der Waals surface area contributed by atoms with E-state index in [1.165, 1.54) is 28.9 Å². The maximum absolute atomic E-state index is 2.58. The highest BCUT2D eigenvalue weighted by molar-refractivity contribution is 5.84. The smallest absolute Gasteiger partial charge is 0.191 e. The van der Waals surface area contributed by atoms with Crippen LogP contribution in [0.5, 0.6) is 0 Å². The van der Waals surface area contributed by atoms with Crippen molar-refractivity contribution in [3.8, 4) is 11.1 Å². The molecule has 2 aliphatic rings. The van der Waals surface area contributed by atoms with Crippen molar-refractivity contribution in [2.24, 2.45) is 0 Å². The lowest BCUT2D eigenvalue weighted by Gasteiger charge is -2.40. The van der Waals surface area contributed by atoms with Gasteiger partial charge in [0.15, 0.2) is 6.17 Å². The van der Waals surface area contributed by atoms with Gasteiger partial charge in [-0.25, -0.2) is 0 Å². The molecule has 0 saturated carbocycles. The largest absolute Gasteiger partial charge is 0.312 e. The zero-order valence-corrected chi connectivity index (χ0v) is 11.5. The molecular weight excluding hydrogens is 232 g/mol. The molecule has 0 N–H and O–H groups in total. The number of rotatable bonds is 0. The van der Waals surface area contributed by atoms with Gasteiger partial charge in [-0.05, 0) is 11.6 Å². The summed E-state index contributed by atoms with van der Waals surface area (Å²) in [4.78, 5) is 2.58. The minimum Gasteiger partial charge on any atom is -0.312 e. The number of quaternary nitrogens is 1. The van der Waals surface area contributed by atoms with Gasteiger partial charge in [-0.1, -0.05) is 42.5 Å². The molecule has 2 nitrogen and oxygen atoms in total. The van der Waals surface area contributed by atoms with Crippen molar-refractivity contribution >= 4 is 5.69 Å². The highest BCUT2D eigenvalue weighted by Gasteiger charge is 2.46. The van der Waals surface area contributed by atoms with Crippen LogP contribution in [0.3, 0.4) is 0 Å². The van der Waals surface area contributed by atoms with Gasteiger partial charge in [-0.15, -0.1) is 0 Å². The summed E-state index contributed by atoms with van der Waals surface area (Å²) < 4.78 is 1.05. The number of hydrogen-bond acceptors (Lipinski definition) is 1. The summed E-state index contributed by atoms with van der Waals surface area (Å²) in [5.41, 5.74) is 5.67. The van der Waals surface area contributed by atoms with E-state index < -0.39 is 0 Å². The number of para-hydroxylation sites is 1. The molecule has 0 bridgehead atoms. The van der Waals surface area contributed by atoms with Crippen LogP contribution in [0.4, 0.5) is 5.69 Å². The van der Waals surface area contributed by atoms with Crippen LogP contribution in [0.15, 0.2) is 48.5 Å². The highest BCUT2D eigenvalue weighted by atomic mass is 15.5. The Kier molecular flexibility index (Phi) is 2.10. The molecule has 0 spiro atoms. The Morgan fingerprint density at radius 2 is 1.63 bits per heavy atom. The summed E-state index contributed by atoms with van der Waals surface area (Å²) in [6.07, 6.45) is 0.464. The molecule has 0 amide bonds. The third kappa shape index (κ3) is 1.41. The van der Waals surface area contributed by atoms with Crippen molar-refractivity contribution in [2.45, 2.75) is 6.17 Å². The Hall–Kier alpha value is -1.80. The molecule has 2 aliphatic heterocycles. The number of fused-ring (bicyclic) bond motifs is 6. The Morgan fingerprint density at radius 3 is 2.47 bits per heavy atom. The third-order valence-corrected chi connectivity index (χ3v) is 4.62. The van der Waals surface area contributed by atoms with Crippen molar-refractivity contribution in [3.05, 3.63) is 54.1 Å². The quantitative estimate of drug-likeness (QED) is 0.650. The monoisotopic (exact) mass is 251 g/mol. The lowest BCUT2D eigenvalue weighted by atomic mass is 9.91. The predicted molar refractivity (Wildman–Crippen MR) is 78.9 cm³/mol. The number of benzene rings is 2. The van der Waals surface area contributed by atoms with E-state index in [1.807, 2.05) is 0 Å². The van der Waals surface area contributed by atoms with Gasteiger partial charge in [-0.3, -0.25) is 0 Å². The maximum atomic E-state index is 2.58. The number of nitrogens with zero attached hydrogens (tertiary/aromatic N) is 2. The third-order valence-electron chi connectivity index (χ3n) is 4.62. The van der Waals surface area contributed by atoms with Gasteiger partial charge in [0.25, 0.3) is 0 Å². The Labute approximate surface area is 114 Å². The van der Waals surface area contributed by atoms with Gasteiger partial charge in [0, 0.05) is 16.8 Å². The molecule has 0 aromatic heterocycles. The Bertz CT molecular complexity index is 645. The number of anilines is 1. The van der Waals surface area contributed by atoms with Crippen molar-refractivity contribution in [2.75, 3.05) is 32.1 Å². The molecular formula is C17H19N2+. The average molecular weight is 251 g/mol. The fourth-order valence-corrected chi connectivity index (χ4v) is 3.70.